The van der Waals surface area contributed by atoms with Gasteiger partial charge in [-0.3, -0.25) is 4.98 Å². The van der Waals surface area contributed by atoms with Crippen LogP contribution in [-0.4, -0.2) is 21.0 Å². The number of anilines is 2. The SMILES string of the molecule is CC(C)Nc1nc(NCc2cccnc2)cc(-c2ccccc2)n1. The molecule has 0 amide bonds. The zero-order valence-corrected chi connectivity index (χ0v) is 13.9. The van der Waals surface area contributed by atoms with Gasteiger partial charge in [0.15, 0.2) is 0 Å². The number of hydrogen-bond acceptors (Lipinski definition) is 5. The predicted molar refractivity (Wildman–Crippen MR) is 97.8 cm³/mol. The van der Waals surface area contributed by atoms with Crippen LogP contribution in [0, 0.1) is 0 Å². The van der Waals surface area contributed by atoms with E-state index in [2.05, 4.69) is 39.4 Å². The van der Waals surface area contributed by atoms with Gasteiger partial charge in [-0.25, -0.2) is 4.98 Å². The van der Waals surface area contributed by atoms with E-state index in [0.29, 0.717) is 12.5 Å². The van der Waals surface area contributed by atoms with Crippen LogP contribution in [0.2, 0.25) is 0 Å². The summed E-state index contributed by atoms with van der Waals surface area (Å²) in [6, 6.07) is 16.3. The minimum Gasteiger partial charge on any atom is -0.366 e. The molecule has 2 aromatic heterocycles. The van der Waals surface area contributed by atoms with E-state index in [1.54, 1.807) is 6.20 Å². The number of nitrogens with zero attached hydrogens (tertiary/aromatic N) is 3. The number of aromatic nitrogens is 3. The highest BCUT2D eigenvalue weighted by Gasteiger charge is 2.07. The molecule has 2 N–H and O–H groups in total. The molecule has 0 saturated heterocycles. The van der Waals surface area contributed by atoms with E-state index in [1.165, 1.54) is 0 Å². The van der Waals surface area contributed by atoms with Crippen LogP contribution in [0.4, 0.5) is 11.8 Å². The van der Waals surface area contributed by atoms with Crippen LogP contribution in [0.3, 0.4) is 0 Å². The van der Waals surface area contributed by atoms with Gasteiger partial charge in [0.1, 0.15) is 5.82 Å². The summed E-state index contributed by atoms with van der Waals surface area (Å²) in [6.07, 6.45) is 3.62. The van der Waals surface area contributed by atoms with Gasteiger partial charge in [0.25, 0.3) is 0 Å². The van der Waals surface area contributed by atoms with Gasteiger partial charge in [-0.1, -0.05) is 36.4 Å². The van der Waals surface area contributed by atoms with Gasteiger partial charge in [-0.2, -0.15) is 4.98 Å². The standard InChI is InChI=1S/C19H21N5/c1-14(2)22-19-23-17(16-8-4-3-5-9-16)11-18(24-19)21-13-15-7-6-10-20-12-15/h3-12,14H,13H2,1-2H3,(H2,21,22,23,24). The highest BCUT2D eigenvalue weighted by molar-refractivity contribution is 5.64. The van der Waals surface area contributed by atoms with Crippen LogP contribution in [-0.2, 0) is 6.54 Å². The zero-order chi connectivity index (χ0) is 16.8. The average Bonchev–Trinajstić information content (AvgIpc) is 2.61. The molecule has 0 aliphatic carbocycles. The third-order valence-electron chi connectivity index (χ3n) is 3.41. The minimum atomic E-state index is 0.266. The van der Waals surface area contributed by atoms with Crippen molar-refractivity contribution < 1.29 is 0 Å². The van der Waals surface area contributed by atoms with Crippen LogP contribution in [0.1, 0.15) is 19.4 Å². The molecule has 0 atom stereocenters. The van der Waals surface area contributed by atoms with Crippen LogP contribution in [0.5, 0.6) is 0 Å². The van der Waals surface area contributed by atoms with E-state index in [0.717, 1.165) is 22.6 Å². The molecule has 0 unspecified atom stereocenters. The van der Waals surface area contributed by atoms with Crippen LogP contribution in [0.15, 0.2) is 60.9 Å². The molecule has 122 valence electrons. The minimum absolute atomic E-state index is 0.266. The lowest BCUT2D eigenvalue weighted by molar-refractivity contribution is 0.874. The smallest absolute Gasteiger partial charge is 0.225 e. The van der Waals surface area contributed by atoms with Crippen molar-refractivity contribution in [2.75, 3.05) is 10.6 Å². The predicted octanol–water partition coefficient (Wildman–Crippen LogP) is 3.97. The fourth-order valence-corrected chi connectivity index (χ4v) is 2.31. The highest BCUT2D eigenvalue weighted by atomic mass is 15.1. The molecule has 0 aliphatic rings. The second kappa shape index (κ2) is 7.55. The van der Waals surface area contributed by atoms with Gasteiger partial charge in [-0.15, -0.1) is 0 Å². The van der Waals surface area contributed by atoms with E-state index in [9.17, 15) is 0 Å². The Kier molecular flexibility index (Phi) is 5.01. The molecule has 3 rings (SSSR count). The summed E-state index contributed by atoms with van der Waals surface area (Å²) in [5.41, 5.74) is 3.06. The monoisotopic (exact) mass is 319 g/mol. The maximum absolute atomic E-state index is 4.62. The third-order valence-corrected chi connectivity index (χ3v) is 3.41. The van der Waals surface area contributed by atoms with Crippen molar-refractivity contribution in [1.29, 1.82) is 0 Å². The summed E-state index contributed by atoms with van der Waals surface area (Å²) in [5, 5.41) is 6.63. The molecule has 2 heterocycles. The summed E-state index contributed by atoms with van der Waals surface area (Å²) in [7, 11) is 0. The maximum atomic E-state index is 4.62. The van der Waals surface area contributed by atoms with E-state index in [-0.39, 0.29) is 6.04 Å². The molecule has 5 heteroatoms. The lowest BCUT2D eigenvalue weighted by Crippen LogP contribution is -2.14. The van der Waals surface area contributed by atoms with Crippen molar-refractivity contribution in [3.63, 3.8) is 0 Å². The average molecular weight is 319 g/mol. The van der Waals surface area contributed by atoms with E-state index in [4.69, 9.17) is 0 Å². The quantitative estimate of drug-likeness (QED) is 0.720. The molecule has 0 spiro atoms. The molecule has 3 aromatic rings. The molecular formula is C19H21N5. The Labute approximate surface area is 142 Å². The molecular weight excluding hydrogens is 298 g/mol. The fraction of sp³-hybridized carbons (Fsp3) is 0.211. The fourth-order valence-electron chi connectivity index (χ4n) is 2.31. The first-order valence-corrected chi connectivity index (χ1v) is 8.04. The van der Waals surface area contributed by atoms with Crippen molar-refractivity contribution in [3.8, 4) is 11.3 Å². The van der Waals surface area contributed by atoms with Crippen LogP contribution < -0.4 is 10.6 Å². The first-order chi connectivity index (χ1) is 11.7. The Balaban J connectivity index is 1.87. The Hall–Kier alpha value is -2.95. The largest absolute Gasteiger partial charge is 0.366 e. The maximum Gasteiger partial charge on any atom is 0.225 e. The number of pyridine rings is 1. The van der Waals surface area contributed by atoms with E-state index < -0.39 is 0 Å². The Morgan fingerprint density at radius 1 is 1.00 bits per heavy atom. The highest BCUT2D eigenvalue weighted by Crippen LogP contribution is 2.21. The molecule has 0 bridgehead atoms. The lowest BCUT2D eigenvalue weighted by atomic mass is 10.1. The molecule has 0 aliphatic heterocycles. The molecule has 24 heavy (non-hydrogen) atoms. The summed E-state index contributed by atoms with van der Waals surface area (Å²) in [4.78, 5) is 13.3. The van der Waals surface area contributed by atoms with Gasteiger partial charge in [0.05, 0.1) is 5.69 Å². The van der Waals surface area contributed by atoms with E-state index >= 15 is 0 Å². The van der Waals surface area contributed by atoms with Crippen molar-refractivity contribution in [1.82, 2.24) is 15.0 Å². The Bertz CT molecular complexity index is 772. The van der Waals surface area contributed by atoms with Gasteiger partial charge >= 0.3 is 0 Å². The number of benzene rings is 1. The van der Waals surface area contributed by atoms with Crippen molar-refractivity contribution >= 4 is 11.8 Å². The van der Waals surface area contributed by atoms with Gasteiger partial charge < -0.3 is 10.6 Å². The molecule has 0 saturated carbocycles. The van der Waals surface area contributed by atoms with E-state index in [1.807, 2.05) is 54.7 Å². The summed E-state index contributed by atoms with van der Waals surface area (Å²) in [5.74, 6) is 1.41. The van der Waals surface area contributed by atoms with Crippen molar-refractivity contribution in [2.24, 2.45) is 0 Å². The number of hydrogen-bond donors (Lipinski definition) is 2. The molecule has 1 aromatic carbocycles. The van der Waals surface area contributed by atoms with Gasteiger partial charge in [-0.05, 0) is 25.5 Å². The summed E-state index contributed by atoms with van der Waals surface area (Å²) >= 11 is 0. The van der Waals surface area contributed by atoms with Crippen molar-refractivity contribution in [3.05, 3.63) is 66.5 Å². The second-order valence-corrected chi connectivity index (χ2v) is 5.84. The normalized spacial score (nSPS) is 10.6. The molecule has 0 radical (unpaired) electrons. The van der Waals surface area contributed by atoms with Crippen LogP contribution >= 0.6 is 0 Å². The third kappa shape index (κ3) is 4.29. The summed E-state index contributed by atoms with van der Waals surface area (Å²) < 4.78 is 0. The Morgan fingerprint density at radius 2 is 1.83 bits per heavy atom. The number of nitrogens with one attached hydrogen (secondary N) is 2. The van der Waals surface area contributed by atoms with Gasteiger partial charge in [0, 0.05) is 36.6 Å². The lowest BCUT2D eigenvalue weighted by Gasteiger charge is -2.13. The topological polar surface area (TPSA) is 62.7 Å². The molecule has 5 nitrogen and oxygen atoms in total. The summed E-state index contributed by atoms with van der Waals surface area (Å²) in [6.45, 7) is 4.81. The molecule has 0 fully saturated rings. The zero-order valence-electron chi connectivity index (χ0n) is 13.9. The van der Waals surface area contributed by atoms with Crippen LogP contribution in [0.25, 0.3) is 11.3 Å². The van der Waals surface area contributed by atoms with Crippen molar-refractivity contribution in [2.45, 2.75) is 26.4 Å². The second-order valence-electron chi connectivity index (χ2n) is 5.84. The first kappa shape index (κ1) is 15.9. The van der Waals surface area contributed by atoms with Gasteiger partial charge in [0.2, 0.25) is 5.95 Å². The Morgan fingerprint density at radius 3 is 2.54 bits per heavy atom. The number of rotatable bonds is 6. The first-order valence-electron chi connectivity index (χ1n) is 8.04.